The van der Waals surface area contributed by atoms with Crippen molar-refractivity contribution in [2.45, 2.75) is 77.2 Å². The Bertz CT molecular complexity index is 1380. The Kier molecular flexibility index (Phi) is 8.87. The molecule has 0 radical (unpaired) electrons. The summed E-state index contributed by atoms with van der Waals surface area (Å²) in [6.07, 6.45) is 0.879. The van der Waals surface area contributed by atoms with Crippen molar-refractivity contribution >= 4 is 34.4 Å². The largest absolute Gasteiger partial charge is 0.350 e. The van der Waals surface area contributed by atoms with Gasteiger partial charge in [-0.2, -0.15) is 0 Å². The monoisotopic (exact) mass is 542 g/mol. The lowest BCUT2D eigenvalue weighted by Crippen LogP contribution is -2.53. The van der Waals surface area contributed by atoms with Crippen LogP contribution in [0.5, 0.6) is 0 Å². The number of hydrogen-bond acceptors (Lipinski definition) is 4. The normalized spacial score (nSPS) is 16.2. The molecule has 1 fully saturated rings. The van der Waals surface area contributed by atoms with Crippen molar-refractivity contribution < 1.29 is 19.2 Å². The minimum Gasteiger partial charge on any atom is -0.350 e. The van der Waals surface area contributed by atoms with Crippen LogP contribution in [0.4, 0.5) is 0 Å². The summed E-state index contributed by atoms with van der Waals surface area (Å²) in [5, 5.41) is 10.6. The predicted molar refractivity (Wildman–Crippen MR) is 155 cm³/mol. The molecular formula is C32H38N4O4. The highest BCUT2D eigenvalue weighted by Gasteiger charge is 2.53. The number of carbonyl (C=O) groups excluding carboxylic acids is 4. The van der Waals surface area contributed by atoms with Gasteiger partial charge in [0.2, 0.25) is 23.6 Å². The molecule has 4 amide bonds. The van der Waals surface area contributed by atoms with Gasteiger partial charge in [-0.15, -0.1) is 0 Å². The molecule has 0 saturated carbocycles. The summed E-state index contributed by atoms with van der Waals surface area (Å²) in [7, 11) is 0. The SMILES string of the molecule is C[C@H](NC(=O)[C@H](CC1C(=O)N1C(C)(C)C)NC(=O)CCc1ccccc1)C(=O)NCc1cccc2ccccc12. The van der Waals surface area contributed by atoms with Gasteiger partial charge < -0.3 is 20.9 Å². The summed E-state index contributed by atoms with van der Waals surface area (Å²) < 4.78 is 0. The quantitative estimate of drug-likeness (QED) is 0.323. The molecule has 4 rings (SSSR count). The van der Waals surface area contributed by atoms with E-state index in [1.54, 1.807) is 11.8 Å². The molecule has 0 aromatic heterocycles. The molecule has 0 spiro atoms. The number of hydrogen-bond donors (Lipinski definition) is 3. The highest BCUT2D eigenvalue weighted by atomic mass is 16.2. The Morgan fingerprint density at radius 1 is 0.875 bits per heavy atom. The minimum absolute atomic E-state index is 0.0512. The molecule has 3 aromatic rings. The van der Waals surface area contributed by atoms with Crippen LogP contribution in [0.15, 0.2) is 72.8 Å². The molecule has 1 aliphatic rings. The van der Waals surface area contributed by atoms with E-state index in [0.29, 0.717) is 13.0 Å². The van der Waals surface area contributed by atoms with Crippen LogP contribution < -0.4 is 16.0 Å². The molecule has 1 aliphatic heterocycles. The van der Waals surface area contributed by atoms with E-state index in [4.69, 9.17) is 0 Å². The lowest BCUT2D eigenvalue weighted by molar-refractivity contribution is -0.132. The standard InChI is InChI=1S/C32H38N4O4/c1-21(29(38)33-20-24-15-10-14-23-13-8-9-16-25(23)24)34-30(39)26(19-27-31(40)36(27)32(2,3)4)35-28(37)18-17-22-11-6-5-7-12-22/h5-16,21,26-27H,17-20H2,1-4H3,(H,33,38)(H,34,39)(H,35,37)/t21-,26-,27?,36?/m0/s1. The van der Waals surface area contributed by atoms with Gasteiger partial charge in [-0.3, -0.25) is 19.2 Å². The highest BCUT2D eigenvalue weighted by Crippen LogP contribution is 2.33. The van der Waals surface area contributed by atoms with Crippen molar-refractivity contribution in [1.82, 2.24) is 20.9 Å². The summed E-state index contributed by atoms with van der Waals surface area (Å²) in [5.74, 6) is -1.17. The summed E-state index contributed by atoms with van der Waals surface area (Å²) in [6.45, 7) is 7.72. The highest BCUT2D eigenvalue weighted by molar-refractivity contribution is 5.99. The van der Waals surface area contributed by atoms with E-state index in [0.717, 1.165) is 21.9 Å². The molecule has 1 heterocycles. The van der Waals surface area contributed by atoms with Crippen LogP contribution in [-0.4, -0.2) is 52.2 Å². The Balaban J connectivity index is 1.37. The molecule has 1 unspecified atom stereocenters. The van der Waals surface area contributed by atoms with Crippen LogP contribution in [0.25, 0.3) is 10.8 Å². The zero-order valence-corrected chi connectivity index (χ0v) is 23.6. The van der Waals surface area contributed by atoms with E-state index in [1.807, 2.05) is 93.6 Å². The van der Waals surface area contributed by atoms with Crippen LogP contribution in [0.1, 0.15) is 51.7 Å². The maximum Gasteiger partial charge on any atom is 0.246 e. The topological polar surface area (TPSA) is 107 Å². The van der Waals surface area contributed by atoms with Gasteiger partial charge in [0.25, 0.3) is 0 Å². The van der Waals surface area contributed by atoms with Crippen LogP contribution >= 0.6 is 0 Å². The number of benzene rings is 3. The van der Waals surface area contributed by atoms with Crippen molar-refractivity contribution in [3.8, 4) is 0 Å². The van der Waals surface area contributed by atoms with Crippen LogP contribution in [0.3, 0.4) is 0 Å². The lowest BCUT2D eigenvalue weighted by atomic mass is 10.0. The fraction of sp³-hybridized carbons (Fsp3) is 0.375. The molecule has 3 atom stereocenters. The fourth-order valence-corrected chi connectivity index (χ4v) is 5.01. The second kappa shape index (κ2) is 12.3. The van der Waals surface area contributed by atoms with E-state index in [-0.39, 0.29) is 36.1 Å². The number of rotatable bonds is 11. The van der Waals surface area contributed by atoms with E-state index >= 15 is 0 Å². The number of nitrogens with zero attached hydrogens (tertiary/aromatic N) is 1. The molecular weight excluding hydrogens is 504 g/mol. The summed E-state index contributed by atoms with van der Waals surface area (Å²) in [5.41, 5.74) is 1.61. The average molecular weight is 543 g/mol. The minimum atomic E-state index is -0.946. The van der Waals surface area contributed by atoms with Gasteiger partial charge >= 0.3 is 0 Å². The van der Waals surface area contributed by atoms with E-state index < -0.39 is 24.0 Å². The summed E-state index contributed by atoms with van der Waals surface area (Å²) >= 11 is 0. The number of amides is 4. The third-order valence-corrected chi connectivity index (χ3v) is 7.17. The first kappa shape index (κ1) is 28.8. The Hall–Kier alpha value is -4.20. The van der Waals surface area contributed by atoms with Gasteiger partial charge in [-0.25, -0.2) is 0 Å². The molecule has 210 valence electrons. The summed E-state index contributed by atoms with van der Waals surface area (Å²) in [6, 6.07) is 21.3. The average Bonchev–Trinajstić information content (AvgIpc) is 3.59. The van der Waals surface area contributed by atoms with Crippen molar-refractivity contribution in [1.29, 1.82) is 0 Å². The second-order valence-corrected chi connectivity index (χ2v) is 11.3. The number of aryl methyl sites for hydroxylation is 1. The molecule has 40 heavy (non-hydrogen) atoms. The molecule has 3 N–H and O–H groups in total. The number of carbonyl (C=O) groups is 4. The van der Waals surface area contributed by atoms with Crippen molar-refractivity contribution in [3.63, 3.8) is 0 Å². The molecule has 3 aromatic carbocycles. The van der Waals surface area contributed by atoms with Crippen LogP contribution in [0.2, 0.25) is 0 Å². The van der Waals surface area contributed by atoms with Crippen LogP contribution in [0, 0.1) is 0 Å². The van der Waals surface area contributed by atoms with Gasteiger partial charge in [0.05, 0.1) is 0 Å². The smallest absolute Gasteiger partial charge is 0.246 e. The van der Waals surface area contributed by atoms with Gasteiger partial charge in [0, 0.05) is 24.9 Å². The second-order valence-electron chi connectivity index (χ2n) is 11.3. The van der Waals surface area contributed by atoms with E-state index in [1.165, 1.54) is 0 Å². The third-order valence-electron chi connectivity index (χ3n) is 7.17. The third kappa shape index (κ3) is 7.25. The molecule has 8 nitrogen and oxygen atoms in total. The van der Waals surface area contributed by atoms with E-state index in [9.17, 15) is 19.2 Å². The maximum absolute atomic E-state index is 13.3. The number of fused-ring (bicyclic) bond motifs is 1. The Labute approximate surface area is 235 Å². The molecule has 0 aliphatic carbocycles. The maximum atomic E-state index is 13.3. The van der Waals surface area contributed by atoms with Gasteiger partial charge in [0.1, 0.15) is 18.1 Å². The van der Waals surface area contributed by atoms with Crippen LogP contribution in [-0.2, 0) is 32.1 Å². The first-order chi connectivity index (χ1) is 19.0. The van der Waals surface area contributed by atoms with Crippen molar-refractivity contribution in [2.75, 3.05) is 0 Å². The Morgan fingerprint density at radius 3 is 2.25 bits per heavy atom. The summed E-state index contributed by atoms with van der Waals surface area (Å²) in [4.78, 5) is 53.2. The van der Waals surface area contributed by atoms with Gasteiger partial charge in [0.15, 0.2) is 0 Å². The zero-order valence-electron chi connectivity index (χ0n) is 23.6. The molecule has 8 heteroatoms. The number of nitrogens with one attached hydrogen (secondary N) is 3. The molecule has 0 bridgehead atoms. The predicted octanol–water partition coefficient (Wildman–Crippen LogP) is 3.48. The first-order valence-corrected chi connectivity index (χ1v) is 13.8. The first-order valence-electron chi connectivity index (χ1n) is 13.8. The van der Waals surface area contributed by atoms with E-state index in [2.05, 4.69) is 16.0 Å². The molecule has 1 saturated heterocycles. The fourth-order valence-electron chi connectivity index (χ4n) is 5.01. The van der Waals surface area contributed by atoms with Gasteiger partial charge in [-0.05, 0) is 56.0 Å². The zero-order chi connectivity index (χ0) is 28.9. The lowest BCUT2D eigenvalue weighted by Gasteiger charge is -2.24. The Morgan fingerprint density at radius 2 is 1.55 bits per heavy atom. The van der Waals surface area contributed by atoms with Crippen molar-refractivity contribution in [2.24, 2.45) is 0 Å². The van der Waals surface area contributed by atoms with Crippen molar-refractivity contribution in [3.05, 3.63) is 83.9 Å². The van der Waals surface area contributed by atoms with Gasteiger partial charge in [-0.1, -0.05) is 72.8 Å².